The lowest BCUT2D eigenvalue weighted by Gasteiger charge is -2.11. The number of Topliss-reactive ketones (excluding diaryl/α,β-unsaturated/α-hetero) is 1. The summed E-state index contributed by atoms with van der Waals surface area (Å²) < 4.78 is 41.1. The maximum atomic E-state index is 12.3. The van der Waals surface area contributed by atoms with Crippen molar-refractivity contribution in [2.75, 3.05) is 6.61 Å². The van der Waals surface area contributed by atoms with E-state index in [1.54, 1.807) is 0 Å². The van der Waals surface area contributed by atoms with Gasteiger partial charge < -0.3 is 10.1 Å². The van der Waals surface area contributed by atoms with Gasteiger partial charge in [-0.1, -0.05) is 11.6 Å². The van der Waals surface area contributed by atoms with E-state index in [0.29, 0.717) is 5.56 Å². The molecule has 0 atom stereocenters. The van der Waals surface area contributed by atoms with Gasteiger partial charge >= 0.3 is 6.18 Å². The number of alkyl halides is 3. The van der Waals surface area contributed by atoms with Crippen molar-refractivity contribution in [3.05, 3.63) is 46.6 Å². The van der Waals surface area contributed by atoms with Gasteiger partial charge in [0.2, 0.25) is 5.88 Å². The lowest BCUT2D eigenvalue weighted by Crippen LogP contribution is -2.25. The number of carbonyl (C=O) groups excluding carboxylic acids is 2. The van der Waals surface area contributed by atoms with Crippen molar-refractivity contribution in [3.63, 3.8) is 0 Å². The molecule has 1 aliphatic carbocycles. The summed E-state index contributed by atoms with van der Waals surface area (Å²) in [6.07, 6.45) is 0.00745. The number of pyridine rings is 1. The van der Waals surface area contributed by atoms with E-state index in [1.165, 1.54) is 24.5 Å². The van der Waals surface area contributed by atoms with Crippen LogP contribution in [0.3, 0.4) is 0 Å². The molecule has 0 aliphatic heterocycles. The molecule has 0 aromatic carbocycles. The third-order valence-corrected chi connectivity index (χ3v) is 4.26. The molecule has 0 saturated heterocycles. The molecule has 11 heteroatoms. The van der Waals surface area contributed by atoms with Gasteiger partial charge in [0.15, 0.2) is 6.61 Å². The first-order chi connectivity index (χ1) is 13.7. The first-order valence-corrected chi connectivity index (χ1v) is 9.06. The number of aromatic nitrogens is 3. The maximum Gasteiger partial charge on any atom is 0.422 e. The van der Waals surface area contributed by atoms with Crippen molar-refractivity contribution < 1.29 is 27.5 Å². The highest BCUT2D eigenvalue weighted by Gasteiger charge is 2.30. The van der Waals surface area contributed by atoms with E-state index in [2.05, 4.69) is 25.0 Å². The van der Waals surface area contributed by atoms with E-state index in [9.17, 15) is 22.8 Å². The third kappa shape index (κ3) is 6.38. The van der Waals surface area contributed by atoms with E-state index in [1.807, 2.05) is 0 Å². The number of halogens is 4. The highest BCUT2D eigenvalue weighted by atomic mass is 35.5. The summed E-state index contributed by atoms with van der Waals surface area (Å²) in [7, 11) is 0. The Morgan fingerprint density at radius 3 is 2.69 bits per heavy atom. The van der Waals surface area contributed by atoms with Gasteiger partial charge in [0.25, 0.3) is 5.91 Å². The molecule has 0 radical (unpaired) electrons. The molecular formula is C18H16ClF3N4O3. The van der Waals surface area contributed by atoms with Gasteiger partial charge in [-0.25, -0.2) is 15.0 Å². The predicted octanol–water partition coefficient (Wildman–Crippen LogP) is 2.92. The Kier molecular flexibility index (Phi) is 6.31. The lowest BCUT2D eigenvalue weighted by molar-refractivity contribution is -0.154. The summed E-state index contributed by atoms with van der Waals surface area (Å²) in [5, 5.41) is 2.49. The predicted molar refractivity (Wildman–Crippen MR) is 95.4 cm³/mol. The number of nitrogens with one attached hydrogen (secondary N) is 1. The molecule has 1 amide bonds. The van der Waals surface area contributed by atoms with E-state index in [-0.39, 0.29) is 47.1 Å². The molecule has 29 heavy (non-hydrogen) atoms. The van der Waals surface area contributed by atoms with Crippen LogP contribution in [0, 0.1) is 5.92 Å². The highest BCUT2D eigenvalue weighted by Crippen LogP contribution is 2.30. The molecule has 2 aromatic rings. The fourth-order valence-electron chi connectivity index (χ4n) is 2.41. The second-order valence-electron chi connectivity index (χ2n) is 6.49. The number of carbonyl (C=O) groups is 2. The zero-order chi connectivity index (χ0) is 21.0. The average molecular weight is 429 g/mol. The zero-order valence-corrected chi connectivity index (χ0v) is 15.8. The smallest absolute Gasteiger partial charge is 0.422 e. The van der Waals surface area contributed by atoms with Crippen LogP contribution in [0.1, 0.15) is 34.7 Å². The number of rotatable bonds is 8. The minimum Gasteiger partial charge on any atom is -0.467 e. The number of ether oxygens (including phenoxy) is 1. The molecule has 2 heterocycles. The van der Waals surface area contributed by atoms with Crippen LogP contribution >= 0.6 is 11.6 Å². The van der Waals surface area contributed by atoms with Crippen molar-refractivity contribution in [1.29, 1.82) is 0 Å². The van der Waals surface area contributed by atoms with Crippen LogP contribution in [0.25, 0.3) is 0 Å². The molecule has 7 nitrogen and oxygen atoms in total. The quantitative estimate of drug-likeness (QED) is 0.694. The molecule has 3 rings (SSSR count). The minimum absolute atomic E-state index is 0.0193. The number of nitrogens with zero attached hydrogens (tertiary/aromatic N) is 3. The number of amides is 1. The van der Waals surface area contributed by atoms with Gasteiger partial charge in [0, 0.05) is 24.9 Å². The maximum absolute atomic E-state index is 12.3. The topological polar surface area (TPSA) is 94.1 Å². The van der Waals surface area contributed by atoms with Crippen LogP contribution in [0.15, 0.2) is 24.5 Å². The van der Waals surface area contributed by atoms with Gasteiger partial charge in [-0.15, -0.1) is 0 Å². The van der Waals surface area contributed by atoms with Crippen LogP contribution in [-0.4, -0.2) is 39.4 Å². The molecule has 1 fully saturated rings. The SMILES string of the molecule is O=C(NCc1cnc(OCC(F)(F)F)c(Cl)c1)c1ccnc(CC(=O)C2CC2)n1. The fraction of sp³-hybridized carbons (Fsp3) is 0.389. The number of hydrogen-bond acceptors (Lipinski definition) is 6. The Balaban J connectivity index is 1.56. The molecule has 1 aliphatic rings. The van der Waals surface area contributed by atoms with Gasteiger partial charge in [0.05, 0.1) is 6.42 Å². The molecule has 1 N–H and O–H groups in total. The summed E-state index contributed by atoms with van der Waals surface area (Å²) in [5.41, 5.74) is 0.559. The van der Waals surface area contributed by atoms with Gasteiger partial charge in [-0.05, 0) is 30.5 Å². The normalized spacial score (nSPS) is 13.8. The van der Waals surface area contributed by atoms with E-state index < -0.39 is 18.7 Å². The highest BCUT2D eigenvalue weighted by molar-refractivity contribution is 6.31. The molecule has 2 aromatic heterocycles. The van der Waals surface area contributed by atoms with Gasteiger partial charge in [0.1, 0.15) is 22.3 Å². The van der Waals surface area contributed by atoms with Crippen molar-refractivity contribution in [2.45, 2.75) is 32.0 Å². The van der Waals surface area contributed by atoms with Crippen molar-refractivity contribution in [1.82, 2.24) is 20.3 Å². The zero-order valence-electron chi connectivity index (χ0n) is 15.0. The average Bonchev–Trinajstić information content (AvgIpc) is 3.50. The Morgan fingerprint density at radius 2 is 2.03 bits per heavy atom. The Hall–Kier alpha value is -2.75. The third-order valence-electron chi connectivity index (χ3n) is 3.99. The Bertz CT molecular complexity index is 919. The summed E-state index contributed by atoms with van der Waals surface area (Å²) in [6, 6.07) is 2.76. The molecule has 0 spiro atoms. The molecule has 1 saturated carbocycles. The van der Waals surface area contributed by atoms with Crippen LogP contribution in [-0.2, 0) is 17.8 Å². The first-order valence-electron chi connectivity index (χ1n) is 8.68. The molecular weight excluding hydrogens is 413 g/mol. The summed E-state index contributed by atoms with van der Waals surface area (Å²) in [4.78, 5) is 36.0. The molecule has 0 unspecified atom stereocenters. The van der Waals surface area contributed by atoms with Crippen molar-refractivity contribution >= 4 is 23.3 Å². The largest absolute Gasteiger partial charge is 0.467 e. The monoisotopic (exact) mass is 428 g/mol. The van der Waals surface area contributed by atoms with Gasteiger partial charge in [-0.3, -0.25) is 9.59 Å². The molecule has 0 bridgehead atoms. The van der Waals surface area contributed by atoms with E-state index in [0.717, 1.165) is 12.8 Å². The van der Waals surface area contributed by atoms with E-state index >= 15 is 0 Å². The van der Waals surface area contributed by atoms with Crippen LogP contribution in [0.2, 0.25) is 5.02 Å². The Labute approximate surface area is 168 Å². The summed E-state index contributed by atoms with van der Waals surface area (Å²) in [5.74, 6) is -0.418. The van der Waals surface area contributed by atoms with Crippen molar-refractivity contribution in [3.8, 4) is 5.88 Å². The number of hydrogen-bond donors (Lipinski definition) is 1. The standard InChI is InChI=1S/C18H16ClF3N4O3/c19-12-5-10(8-25-17(12)29-9-18(20,21)22)7-24-16(28)13-3-4-23-15(26-13)6-14(27)11-1-2-11/h3-5,8,11H,1-2,6-7,9H2,(H,24,28). The van der Waals surface area contributed by atoms with Gasteiger partial charge in [-0.2, -0.15) is 13.2 Å². The van der Waals surface area contributed by atoms with Crippen LogP contribution in [0.5, 0.6) is 5.88 Å². The van der Waals surface area contributed by atoms with E-state index in [4.69, 9.17) is 11.6 Å². The molecule has 154 valence electrons. The van der Waals surface area contributed by atoms with Crippen molar-refractivity contribution in [2.24, 2.45) is 5.92 Å². The Morgan fingerprint density at radius 1 is 1.28 bits per heavy atom. The van der Waals surface area contributed by atoms with Crippen LogP contribution < -0.4 is 10.1 Å². The number of ketones is 1. The summed E-state index contributed by atoms with van der Waals surface area (Å²) in [6.45, 7) is -1.49. The minimum atomic E-state index is -4.50. The summed E-state index contributed by atoms with van der Waals surface area (Å²) >= 11 is 5.87. The second kappa shape index (κ2) is 8.73. The first kappa shape index (κ1) is 21.0. The second-order valence-corrected chi connectivity index (χ2v) is 6.90. The van der Waals surface area contributed by atoms with Crippen LogP contribution in [0.4, 0.5) is 13.2 Å². The lowest BCUT2D eigenvalue weighted by atomic mass is 10.2. The fourth-order valence-corrected chi connectivity index (χ4v) is 2.65.